The summed E-state index contributed by atoms with van der Waals surface area (Å²) in [5.74, 6) is 0.807. The Morgan fingerprint density at radius 3 is 2.35 bits per heavy atom. The molecule has 1 amide bonds. The lowest BCUT2D eigenvalue weighted by atomic mass is 10.2. The van der Waals surface area contributed by atoms with Gasteiger partial charge in [-0.25, -0.2) is 18.4 Å². The van der Waals surface area contributed by atoms with Crippen molar-refractivity contribution in [1.82, 2.24) is 19.8 Å². The largest absolute Gasteiger partial charge is 0.337 e. The standard InChI is InChI=1S/C17H27N5O3S/c1-3-20-6-8-21(9-7-20)16(23)14-11-18-17(19-12-14)22(4-2)15-5-10-26(24,25)13-15/h11-12,15H,3-10,13H2,1-2H3. The average Bonchev–Trinajstić information content (AvgIpc) is 3.02. The predicted octanol–water partition coefficient (Wildman–Crippen LogP) is 0.268. The molecule has 1 unspecified atom stereocenters. The van der Waals surface area contributed by atoms with Crippen molar-refractivity contribution < 1.29 is 13.2 Å². The summed E-state index contributed by atoms with van der Waals surface area (Å²) >= 11 is 0. The lowest BCUT2D eigenvalue weighted by Gasteiger charge is -2.34. The Hall–Kier alpha value is -1.74. The third kappa shape index (κ3) is 4.15. The van der Waals surface area contributed by atoms with Crippen molar-refractivity contribution in [2.24, 2.45) is 0 Å². The van der Waals surface area contributed by atoms with Crippen LogP contribution in [0.5, 0.6) is 0 Å². The van der Waals surface area contributed by atoms with Gasteiger partial charge in [0.25, 0.3) is 5.91 Å². The molecular weight excluding hydrogens is 354 g/mol. The molecule has 0 radical (unpaired) electrons. The van der Waals surface area contributed by atoms with E-state index in [1.807, 2.05) is 16.7 Å². The number of hydrogen-bond acceptors (Lipinski definition) is 7. The van der Waals surface area contributed by atoms with E-state index in [1.54, 1.807) is 12.4 Å². The third-order valence-electron chi connectivity index (χ3n) is 5.24. The highest BCUT2D eigenvalue weighted by molar-refractivity contribution is 7.91. The molecule has 2 saturated heterocycles. The summed E-state index contributed by atoms with van der Waals surface area (Å²) in [6, 6.07) is -0.0892. The fraction of sp³-hybridized carbons (Fsp3) is 0.706. The van der Waals surface area contributed by atoms with Crippen LogP contribution in [0.3, 0.4) is 0 Å². The molecule has 2 aliphatic rings. The first-order valence-electron chi connectivity index (χ1n) is 9.24. The number of hydrogen-bond donors (Lipinski definition) is 0. The van der Waals surface area contributed by atoms with Gasteiger partial charge in [0.2, 0.25) is 5.95 Å². The minimum absolute atomic E-state index is 0.0428. The van der Waals surface area contributed by atoms with E-state index in [2.05, 4.69) is 21.8 Å². The Morgan fingerprint density at radius 1 is 1.19 bits per heavy atom. The van der Waals surface area contributed by atoms with Gasteiger partial charge in [-0.15, -0.1) is 0 Å². The van der Waals surface area contributed by atoms with Gasteiger partial charge in [-0.05, 0) is 19.9 Å². The lowest BCUT2D eigenvalue weighted by Crippen LogP contribution is -2.48. The van der Waals surface area contributed by atoms with Gasteiger partial charge >= 0.3 is 0 Å². The van der Waals surface area contributed by atoms with Crippen molar-refractivity contribution in [1.29, 1.82) is 0 Å². The van der Waals surface area contributed by atoms with E-state index in [0.29, 0.717) is 24.5 Å². The number of carbonyl (C=O) groups is 1. The van der Waals surface area contributed by atoms with E-state index >= 15 is 0 Å². The molecule has 0 N–H and O–H groups in total. The first-order chi connectivity index (χ1) is 12.4. The first-order valence-corrected chi connectivity index (χ1v) is 11.1. The Labute approximate surface area is 155 Å². The molecule has 9 heteroatoms. The van der Waals surface area contributed by atoms with Crippen LogP contribution in [0.2, 0.25) is 0 Å². The molecule has 0 aromatic carbocycles. The SMILES string of the molecule is CCN1CCN(C(=O)c2cnc(N(CC)C3CCS(=O)(=O)C3)nc2)CC1. The normalized spacial score (nSPS) is 23.2. The fourth-order valence-corrected chi connectivity index (χ4v) is 5.34. The first kappa shape index (κ1) is 19.0. The summed E-state index contributed by atoms with van der Waals surface area (Å²) < 4.78 is 23.5. The van der Waals surface area contributed by atoms with Gasteiger partial charge in [0.05, 0.1) is 17.1 Å². The van der Waals surface area contributed by atoms with Gasteiger partial charge < -0.3 is 14.7 Å². The molecule has 3 heterocycles. The van der Waals surface area contributed by atoms with Crippen LogP contribution in [0.4, 0.5) is 5.95 Å². The van der Waals surface area contributed by atoms with E-state index in [-0.39, 0.29) is 23.5 Å². The average molecular weight is 382 g/mol. The molecular formula is C17H27N5O3S. The predicted molar refractivity (Wildman–Crippen MR) is 100 cm³/mol. The van der Waals surface area contributed by atoms with Crippen LogP contribution in [0.25, 0.3) is 0 Å². The van der Waals surface area contributed by atoms with Crippen molar-refractivity contribution in [3.8, 4) is 0 Å². The van der Waals surface area contributed by atoms with Gasteiger partial charge in [-0.1, -0.05) is 6.92 Å². The van der Waals surface area contributed by atoms with Crippen molar-refractivity contribution in [3.05, 3.63) is 18.0 Å². The Bertz CT molecular complexity index is 729. The highest BCUT2D eigenvalue weighted by atomic mass is 32.2. The second-order valence-corrected chi connectivity index (χ2v) is 9.07. The molecule has 26 heavy (non-hydrogen) atoms. The molecule has 144 valence electrons. The maximum Gasteiger partial charge on any atom is 0.257 e. The summed E-state index contributed by atoms with van der Waals surface area (Å²) in [6.07, 6.45) is 3.72. The molecule has 2 fully saturated rings. The fourth-order valence-electron chi connectivity index (χ4n) is 3.61. The Kier molecular flexibility index (Phi) is 5.76. The van der Waals surface area contributed by atoms with Crippen LogP contribution >= 0.6 is 0 Å². The highest BCUT2D eigenvalue weighted by Gasteiger charge is 2.33. The van der Waals surface area contributed by atoms with Gasteiger partial charge in [0, 0.05) is 51.2 Å². The van der Waals surface area contributed by atoms with Crippen LogP contribution in [-0.2, 0) is 9.84 Å². The zero-order valence-corrected chi connectivity index (χ0v) is 16.3. The number of piperazine rings is 1. The van der Waals surface area contributed by atoms with Gasteiger partial charge in [0.1, 0.15) is 0 Å². The zero-order valence-electron chi connectivity index (χ0n) is 15.5. The van der Waals surface area contributed by atoms with Crippen LogP contribution in [0.1, 0.15) is 30.6 Å². The number of anilines is 1. The van der Waals surface area contributed by atoms with Gasteiger partial charge in [-0.3, -0.25) is 4.79 Å². The van der Waals surface area contributed by atoms with Crippen molar-refractivity contribution in [3.63, 3.8) is 0 Å². The van der Waals surface area contributed by atoms with E-state index in [1.165, 1.54) is 0 Å². The number of aromatic nitrogens is 2. The smallest absolute Gasteiger partial charge is 0.257 e. The zero-order chi connectivity index (χ0) is 18.7. The molecule has 8 nitrogen and oxygen atoms in total. The number of carbonyl (C=O) groups excluding carboxylic acids is 1. The molecule has 0 spiro atoms. The minimum atomic E-state index is -2.96. The van der Waals surface area contributed by atoms with Crippen molar-refractivity contribution in [2.75, 3.05) is 55.7 Å². The van der Waals surface area contributed by atoms with Gasteiger partial charge in [0.15, 0.2) is 9.84 Å². The molecule has 0 saturated carbocycles. The molecule has 1 aromatic rings. The molecule has 1 aromatic heterocycles. The Balaban J connectivity index is 1.67. The maximum absolute atomic E-state index is 12.6. The molecule has 0 aliphatic carbocycles. The van der Waals surface area contributed by atoms with Crippen LogP contribution in [0, 0.1) is 0 Å². The van der Waals surface area contributed by atoms with E-state index in [0.717, 1.165) is 32.7 Å². The minimum Gasteiger partial charge on any atom is -0.337 e. The molecule has 3 rings (SSSR count). The highest BCUT2D eigenvalue weighted by Crippen LogP contribution is 2.21. The second-order valence-electron chi connectivity index (χ2n) is 6.84. The number of nitrogens with zero attached hydrogens (tertiary/aromatic N) is 5. The monoisotopic (exact) mass is 381 g/mol. The molecule has 1 atom stereocenters. The van der Waals surface area contributed by atoms with Crippen molar-refractivity contribution in [2.45, 2.75) is 26.3 Å². The third-order valence-corrected chi connectivity index (χ3v) is 6.99. The van der Waals surface area contributed by atoms with Crippen LogP contribution < -0.4 is 4.90 Å². The van der Waals surface area contributed by atoms with Crippen LogP contribution in [0.15, 0.2) is 12.4 Å². The van der Waals surface area contributed by atoms with Crippen LogP contribution in [-0.4, -0.2) is 90.9 Å². The Morgan fingerprint density at radius 2 is 1.85 bits per heavy atom. The summed E-state index contributed by atoms with van der Waals surface area (Å²) in [7, 11) is -2.96. The number of sulfone groups is 1. The number of likely N-dealkylation sites (N-methyl/N-ethyl adjacent to an activating group) is 1. The molecule has 0 bridgehead atoms. The topological polar surface area (TPSA) is 86.7 Å². The quantitative estimate of drug-likeness (QED) is 0.723. The van der Waals surface area contributed by atoms with Crippen molar-refractivity contribution >= 4 is 21.7 Å². The summed E-state index contributed by atoms with van der Waals surface area (Å²) in [4.78, 5) is 27.4. The second kappa shape index (κ2) is 7.87. The maximum atomic E-state index is 12.6. The summed E-state index contributed by atoms with van der Waals surface area (Å²) in [5, 5.41) is 0. The molecule has 2 aliphatic heterocycles. The van der Waals surface area contributed by atoms with Gasteiger partial charge in [-0.2, -0.15) is 0 Å². The summed E-state index contributed by atoms with van der Waals surface area (Å²) in [5.41, 5.74) is 0.480. The van der Waals surface area contributed by atoms with E-state index in [4.69, 9.17) is 0 Å². The summed E-state index contributed by atoms with van der Waals surface area (Å²) in [6.45, 7) is 8.93. The van der Waals surface area contributed by atoms with E-state index < -0.39 is 9.84 Å². The van der Waals surface area contributed by atoms with E-state index in [9.17, 15) is 13.2 Å². The number of amides is 1. The number of rotatable bonds is 5. The lowest BCUT2D eigenvalue weighted by molar-refractivity contribution is 0.0642.